The molecule has 7 N–H and O–H groups in total. The van der Waals surface area contributed by atoms with Crippen LogP contribution in [-0.4, -0.2) is 25.4 Å². The van der Waals surface area contributed by atoms with Crippen LogP contribution in [0.5, 0.6) is 0 Å². The molecule has 10 heteroatoms. The largest absolute Gasteiger partial charge is 0.398 e. The number of hydrogen-bond donors (Lipinski definition) is 5. The Kier molecular flexibility index (Phi) is 8.10. The molecule has 7 nitrogen and oxygen atoms in total. The van der Waals surface area contributed by atoms with Crippen LogP contribution in [0.4, 0.5) is 20.2 Å². The van der Waals surface area contributed by atoms with E-state index in [4.69, 9.17) is 11.5 Å². The minimum atomic E-state index is -1.11. The number of nitrogens with one attached hydrogen (secondary N) is 3. The van der Waals surface area contributed by atoms with Gasteiger partial charge in [0.05, 0.1) is 10.8 Å². The van der Waals surface area contributed by atoms with Gasteiger partial charge in [0.15, 0.2) is 0 Å². The minimum absolute atomic E-state index is 0.0571. The number of nitrogens with two attached hydrogens (primary N) is 2. The number of carbonyl (C=O) groups is 2. The normalized spacial score (nSPS) is 12.7. The van der Waals surface area contributed by atoms with Gasteiger partial charge in [-0.05, 0) is 61.8 Å². The number of carbonyl (C=O) groups excluding carboxylic acids is 2. The van der Waals surface area contributed by atoms with E-state index in [1.54, 1.807) is 42.8 Å². The Morgan fingerprint density at radius 2 is 1.82 bits per heavy atom. The van der Waals surface area contributed by atoms with Crippen LogP contribution >= 0.6 is 11.3 Å². The van der Waals surface area contributed by atoms with E-state index in [1.807, 2.05) is 0 Å². The molecule has 0 saturated heterocycles. The monoisotopic (exact) mass is 473 g/mol. The second-order valence-electron chi connectivity index (χ2n) is 7.27. The molecule has 0 aliphatic heterocycles. The van der Waals surface area contributed by atoms with Crippen LogP contribution in [-0.2, 0) is 4.79 Å². The van der Waals surface area contributed by atoms with E-state index in [9.17, 15) is 18.4 Å². The molecule has 33 heavy (non-hydrogen) atoms. The fourth-order valence-corrected chi connectivity index (χ4v) is 4.09. The SMILES string of the molecule is CNC(NC(=O)c1cccs1)c1cc(NC(=O)C(CCN)c2c(F)cccc2F)ccc1N. The first-order valence-electron chi connectivity index (χ1n) is 10.2. The molecule has 3 rings (SSSR count). The van der Waals surface area contributed by atoms with Gasteiger partial charge >= 0.3 is 0 Å². The molecule has 0 fully saturated rings. The lowest BCUT2D eigenvalue weighted by atomic mass is 9.93. The molecule has 174 valence electrons. The van der Waals surface area contributed by atoms with Crippen molar-refractivity contribution in [2.24, 2.45) is 5.73 Å². The van der Waals surface area contributed by atoms with Crippen LogP contribution in [0.3, 0.4) is 0 Å². The number of rotatable bonds is 9. The van der Waals surface area contributed by atoms with Gasteiger partial charge in [-0.25, -0.2) is 8.78 Å². The zero-order valence-electron chi connectivity index (χ0n) is 17.9. The summed E-state index contributed by atoms with van der Waals surface area (Å²) in [6.07, 6.45) is -0.582. The average molecular weight is 474 g/mol. The Hall–Kier alpha value is -3.34. The number of benzene rings is 2. The lowest BCUT2D eigenvalue weighted by Gasteiger charge is -2.22. The summed E-state index contributed by atoms with van der Waals surface area (Å²) in [5, 5.41) is 10.3. The molecular weight excluding hydrogens is 448 g/mol. The van der Waals surface area contributed by atoms with Crippen LogP contribution in [0.1, 0.15) is 39.3 Å². The fraction of sp³-hybridized carbons (Fsp3) is 0.217. The third-order valence-corrected chi connectivity index (χ3v) is 5.96. The second-order valence-corrected chi connectivity index (χ2v) is 8.22. The van der Waals surface area contributed by atoms with Crippen molar-refractivity contribution >= 4 is 34.5 Å². The molecule has 2 amide bonds. The van der Waals surface area contributed by atoms with Crippen molar-refractivity contribution in [2.45, 2.75) is 18.5 Å². The van der Waals surface area contributed by atoms with E-state index >= 15 is 0 Å². The minimum Gasteiger partial charge on any atom is -0.398 e. The topological polar surface area (TPSA) is 122 Å². The third-order valence-electron chi connectivity index (χ3n) is 5.09. The van der Waals surface area contributed by atoms with Gasteiger partial charge < -0.3 is 22.1 Å². The number of anilines is 2. The molecule has 2 aromatic carbocycles. The van der Waals surface area contributed by atoms with Crippen molar-refractivity contribution in [3.63, 3.8) is 0 Å². The van der Waals surface area contributed by atoms with Crippen LogP contribution in [0, 0.1) is 11.6 Å². The average Bonchev–Trinajstić information content (AvgIpc) is 3.33. The highest BCUT2D eigenvalue weighted by molar-refractivity contribution is 7.12. The van der Waals surface area contributed by atoms with Crippen molar-refractivity contribution in [3.05, 3.63) is 81.5 Å². The van der Waals surface area contributed by atoms with E-state index < -0.39 is 29.6 Å². The van der Waals surface area contributed by atoms with Gasteiger partial charge in [-0.3, -0.25) is 14.9 Å². The van der Waals surface area contributed by atoms with Crippen molar-refractivity contribution in [2.75, 3.05) is 24.6 Å². The molecule has 1 aromatic heterocycles. The molecule has 2 unspecified atom stereocenters. The Morgan fingerprint density at radius 1 is 1.09 bits per heavy atom. The zero-order chi connectivity index (χ0) is 24.0. The highest BCUT2D eigenvalue weighted by Gasteiger charge is 2.27. The highest BCUT2D eigenvalue weighted by atomic mass is 32.1. The zero-order valence-corrected chi connectivity index (χ0v) is 18.7. The van der Waals surface area contributed by atoms with Gasteiger partial charge in [0.25, 0.3) is 5.91 Å². The van der Waals surface area contributed by atoms with Crippen molar-refractivity contribution in [3.8, 4) is 0 Å². The van der Waals surface area contributed by atoms with Crippen LogP contribution < -0.4 is 27.4 Å². The summed E-state index contributed by atoms with van der Waals surface area (Å²) in [5.41, 5.74) is 12.6. The molecule has 0 bridgehead atoms. The number of hydrogen-bond acceptors (Lipinski definition) is 6. The molecule has 2 atom stereocenters. The predicted molar refractivity (Wildman–Crippen MR) is 126 cm³/mol. The van der Waals surface area contributed by atoms with Crippen molar-refractivity contribution < 1.29 is 18.4 Å². The number of nitrogen functional groups attached to an aromatic ring is 1. The highest BCUT2D eigenvalue weighted by Crippen LogP contribution is 2.28. The number of amides is 2. The van der Waals surface area contributed by atoms with E-state index in [0.717, 1.165) is 12.1 Å². The summed E-state index contributed by atoms with van der Waals surface area (Å²) in [6.45, 7) is 0.0649. The van der Waals surface area contributed by atoms with Gasteiger partial charge in [-0.1, -0.05) is 12.1 Å². The molecule has 0 saturated carbocycles. The van der Waals surface area contributed by atoms with E-state index in [-0.39, 0.29) is 24.4 Å². The number of thiophene rings is 1. The maximum atomic E-state index is 14.3. The molecular formula is C23H25F2N5O2S. The first-order chi connectivity index (χ1) is 15.8. The Balaban J connectivity index is 1.84. The summed E-state index contributed by atoms with van der Waals surface area (Å²) >= 11 is 1.30. The van der Waals surface area contributed by atoms with Gasteiger partial charge in [-0.2, -0.15) is 0 Å². The van der Waals surface area contributed by atoms with Crippen LogP contribution in [0.25, 0.3) is 0 Å². The van der Waals surface area contributed by atoms with Gasteiger partial charge in [0.2, 0.25) is 5.91 Å². The van der Waals surface area contributed by atoms with Crippen molar-refractivity contribution in [1.82, 2.24) is 10.6 Å². The van der Waals surface area contributed by atoms with Crippen LogP contribution in [0.2, 0.25) is 0 Å². The maximum absolute atomic E-state index is 14.3. The van der Waals surface area contributed by atoms with E-state index in [1.165, 1.54) is 17.4 Å². The van der Waals surface area contributed by atoms with Gasteiger partial charge in [-0.15, -0.1) is 11.3 Å². The van der Waals surface area contributed by atoms with Crippen LogP contribution in [0.15, 0.2) is 53.9 Å². The fourth-order valence-electron chi connectivity index (χ4n) is 3.46. The number of halogens is 2. The first kappa shape index (κ1) is 24.3. The first-order valence-corrected chi connectivity index (χ1v) is 11.1. The summed E-state index contributed by atoms with van der Waals surface area (Å²) in [4.78, 5) is 26.0. The summed E-state index contributed by atoms with van der Waals surface area (Å²) in [6, 6.07) is 11.7. The molecule has 0 spiro atoms. The Bertz CT molecular complexity index is 1100. The summed E-state index contributed by atoms with van der Waals surface area (Å²) in [7, 11) is 1.66. The predicted octanol–water partition coefficient (Wildman–Crippen LogP) is 3.33. The lowest BCUT2D eigenvalue weighted by molar-refractivity contribution is -0.117. The third kappa shape index (κ3) is 5.72. The maximum Gasteiger partial charge on any atom is 0.262 e. The Morgan fingerprint density at radius 3 is 2.42 bits per heavy atom. The molecule has 1 heterocycles. The van der Waals surface area contributed by atoms with Gasteiger partial charge in [0.1, 0.15) is 17.8 Å². The van der Waals surface area contributed by atoms with E-state index in [2.05, 4.69) is 16.0 Å². The Labute approximate surface area is 194 Å². The summed E-state index contributed by atoms with van der Waals surface area (Å²) in [5.74, 6) is -3.63. The lowest BCUT2D eigenvalue weighted by Crippen LogP contribution is -2.36. The van der Waals surface area contributed by atoms with Crippen molar-refractivity contribution in [1.29, 1.82) is 0 Å². The van der Waals surface area contributed by atoms with E-state index in [0.29, 0.717) is 21.8 Å². The quantitative estimate of drug-likeness (QED) is 0.241. The van der Waals surface area contributed by atoms with Gasteiger partial charge in [0, 0.05) is 22.5 Å². The second kappa shape index (κ2) is 11.0. The molecule has 3 aromatic rings. The molecule has 0 radical (unpaired) electrons. The molecule has 0 aliphatic rings. The molecule has 0 aliphatic carbocycles. The standard InChI is InChI=1S/C23H25F2N5O2S/c1-28-21(30-23(32)19-6-3-11-33-19)15-12-13(7-8-18(15)27)29-22(31)14(9-10-26)20-16(24)4-2-5-17(20)25/h2-8,11-12,14,21,28H,9-10,26-27H2,1H3,(H,29,31)(H,30,32). The smallest absolute Gasteiger partial charge is 0.262 e. The summed E-state index contributed by atoms with van der Waals surface area (Å²) < 4.78 is 28.6.